The summed E-state index contributed by atoms with van der Waals surface area (Å²) in [7, 11) is -3.47. The molecule has 8 heteroatoms. The highest BCUT2D eigenvalue weighted by Crippen LogP contribution is 2.24. The van der Waals surface area contributed by atoms with E-state index in [0.717, 1.165) is 6.42 Å². The fourth-order valence-electron chi connectivity index (χ4n) is 1.73. The molecule has 2 aromatic heterocycles. The van der Waals surface area contributed by atoms with E-state index in [1.165, 1.54) is 6.92 Å². The van der Waals surface area contributed by atoms with E-state index in [1.54, 1.807) is 13.0 Å². The largest absolute Gasteiger partial charge is 0.361 e. The molecule has 0 radical (unpaired) electrons. The van der Waals surface area contributed by atoms with Crippen molar-refractivity contribution in [3.8, 4) is 0 Å². The van der Waals surface area contributed by atoms with Crippen molar-refractivity contribution >= 4 is 9.84 Å². The van der Waals surface area contributed by atoms with Crippen LogP contribution in [0.15, 0.2) is 15.1 Å². The van der Waals surface area contributed by atoms with Gasteiger partial charge in [-0.15, -0.1) is 0 Å². The van der Waals surface area contributed by atoms with Crippen molar-refractivity contribution in [2.24, 2.45) is 0 Å². The second kappa shape index (κ2) is 5.74. The number of aryl methyl sites for hydroxylation is 2. The van der Waals surface area contributed by atoms with Crippen molar-refractivity contribution in [1.82, 2.24) is 15.3 Å². The smallest absolute Gasteiger partial charge is 0.244 e. The van der Waals surface area contributed by atoms with Crippen LogP contribution in [0.3, 0.4) is 0 Å². The summed E-state index contributed by atoms with van der Waals surface area (Å²) >= 11 is 0. The van der Waals surface area contributed by atoms with E-state index in [4.69, 9.17) is 9.05 Å². The molecule has 0 aliphatic heterocycles. The minimum absolute atomic E-state index is 0.119. The Balaban J connectivity index is 2.15. The van der Waals surface area contributed by atoms with E-state index < -0.39 is 15.1 Å². The van der Waals surface area contributed by atoms with Gasteiger partial charge in [-0.1, -0.05) is 17.2 Å². The lowest BCUT2D eigenvalue weighted by atomic mass is 10.3. The molecule has 0 unspecified atom stereocenters. The highest BCUT2D eigenvalue weighted by molar-refractivity contribution is 7.90. The number of aromatic nitrogens is 3. The molecule has 1 atom stereocenters. The van der Waals surface area contributed by atoms with E-state index in [9.17, 15) is 8.42 Å². The number of rotatable bonds is 6. The Labute approximate surface area is 117 Å². The lowest BCUT2D eigenvalue weighted by Gasteiger charge is -2.06. The Morgan fingerprint density at radius 3 is 2.65 bits per heavy atom. The molecule has 20 heavy (non-hydrogen) atoms. The summed E-state index contributed by atoms with van der Waals surface area (Å²) in [6, 6.07) is 1.60. The number of hydrogen-bond donors (Lipinski definition) is 0. The van der Waals surface area contributed by atoms with Crippen LogP contribution in [-0.2, 0) is 22.0 Å². The fourth-order valence-corrected chi connectivity index (χ4v) is 2.93. The zero-order valence-electron chi connectivity index (χ0n) is 11.7. The van der Waals surface area contributed by atoms with Crippen molar-refractivity contribution < 1.29 is 17.5 Å². The first-order valence-electron chi connectivity index (χ1n) is 6.38. The van der Waals surface area contributed by atoms with Crippen molar-refractivity contribution in [3.63, 3.8) is 0 Å². The van der Waals surface area contributed by atoms with Gasteiger partial charge >= 0.3 is 0 Å². The topological polar surface area (TPSA) is 99.1 Å². The molecule has 0 aliphatic rings. The van der Waals surface area contributed by atoms with E-state index in [1.807, 2.05) is 6.92 Å². The average Bonchev–Trinajstić information content (AvgIpc) is 2.98. The first-order chi connectivity index (χ1) is 9.42. The van der Waals surface area contributed by atoms with E-state index in [2.05, 4.69) is 15.3 Å². The van der Waals surface area contributed by atoms with E-state index >= 15 is 0 Å². The van der Waals surface area contributed by atoms with Gasteiger partial charge in [-0.25, -0.2) is 8.42 Å². The zero-order chi connectivity index (χ0) is 14.8. The van der Waals surface area contributed by atoms with Crippen LogP contribution in [0.4, 0.5) is 0 Å². The third kappa shape index (κ3) is 3.24. The molecule has 0 spiro atoms. The molecule has 0 fully saturated rings. The van der Waals surface area contributed by atoms with Crippen molar-refractivity contribution in [1.29, 1.82) is 0 Å². The van der Waals surface area contributed by atoms with Crippen LogP contribution >= 0.6 is 0 Å². The summed E-state index contributed by atoms with van der Waals surface area (Å²) in [5, 5.41) is 6.59. The van der Waals surface area contributed by atoms with Crippen molar-refractivity contribution in [2.45, 2.75) is 44.6 Å². The molecular formula is C12H17N3O4S. The summed E-state index contributed by atoms with van der Waals surface area (Å²) < 4.78 is 34.4. The van der Waals surface area contributed by atoms with Gasteiger partial charge in [0.05, 0.1) is 11.4 Å². The molecule has 2 rings (SSSR count). The minimum Gasteiger partial charge on any atom is -0.361 e. The zero-order valence-corrected chi connectivity index (χ0v) is 12.5. The highest BCUT2D eigenvalue weighted by atomic mass is 32.2. The van der Waals surface area contributed by atoms with Gasteiger partial charge in [-0.2, -0.15) is 4.98 Å². The number of hydrogen-bond acceptors (Lipinski definition) is 7. The maximum atomic E-state index is 12.3. The second-order valence-electron chi connectivity index (χ2n) is 4.68. The summed E-state index contributed by atoms with van der Waals surface area (Å²) in [6.45, 7) is 5.23. The third-order valence-electron chi connectivity index (χ3n) is 2.87. The van der Waals surface area contributed by atoms with Gasteiger partial charge in [-0.3, -0.25) is 0 Å². The Bertz CT molecular complexity index is 674. The van der Waals surface area contributed by atoms with Gasteiger partial charge < -0.3 is 9.05 Å². The number of nitrogens with zero attached hydrogens (tertiary/aromatic N) is 3. The summed E-state index contributed by atoms with van der Waals surface area (Å²) in [4.78, 5) is 4.11. The molecule has 0 saturated carbocycles. The van der Waals surface area contributed by atoms with Gasteiger partial charge in [0.2, 0.25) is 5.89 Å². The molecule has 0 bridgehead atoms. The molecule has 0 aromatic carbocycles. The van der Waals surface area contributed by atoms with Crippen LogP contribution in [0.25, 0.3) is 0 Å². The predicted molar refractivity (Wildman–Crippen MR) is 70.6 cm³/mol. The predicted octanol–water partition coefficient (Wildman–Crippen LogP) is 1.99. The lowest BCUT2D eigenvalue weighted by Crippen LogP contribution is -2.13. The Morgan fingerprint density at radius 2 is 2.05 bits per heavy atom. The van der Waals surface area contributed by atoms with Crippen LogP contribution in [0.2, 0.25) is 0 Å². The normalized spacial score (nSPS) is 13.6. The standard InChI is InChI=1S/C12H17N3O4S/c1-4-5-11-13-12(19-15-11)9(3)20(16,17)7-10-6-8(2)18-14-10/h6,9H,4-5,7H2,1-3H3/t9-/m1/s1. The second-order valence-corrected chi connectivity index (χ2v) is 7.00. The fraction of sp³-hybridized carbons (Fsp3) is 0.583. The average molecular weight is 299 g/mol. The van der Waals surface area contributed by atoms with Crippen LogP contribution < -0.4 is 0 Å². The van der Waals surface area contributed by atoms with Crippen LogP contribution in [0.1, 0.15) is 48.7 Å². The van der Waals surface area contributed by atoms with E-state index in [-0.39, 0.29) is 11.6 Å². The van der Waals surface area contributed by atoms with Crippen molar-refractivity contribution in [2.75, 3.05) is 0 Å². The molecule has 110 valence electrons. The summed E-state index contributed by atoms with van der Waals surface area (Å²) in [5.41, 5.74) is 0.377. The van der Waals surface area contributed by atoms with Crippen molar-refractivity contribution in [3.05, 3.63) is 29.2 Å². The molecule has 0 amide bonds. The van der Waals surface area contributed by atoms with Crippen LogP contribution in [0.5, 0.6) is 0 Å². The molecule has 7 nitrogen and oxygen atoms in total. The van der Waals surface area contributed by atoms with Gasteiger partial charge in [0.15, 0.2) is 15.7 Å². The Morgan fingerprint density at radius 1 is 1.30 bits per heavy atom. The monoisotopic (exact) mass is 299 g/mol. The Kier molecular flexibility index (Phi) is 4.22. The van der Waals surface area contributed by atoms with Gasteiger partial charge in [-0.05, 0) is 20.3 Å². The maximum absolute atomic E-state index is 12.3. The molecule has 2 heterocycles. The first kappa shape index (κ1) is 14.7. The van der Waals surface area contributed by atoms with Crippen LogP contribution in [-0.4, -0.2) is 23.7 Å². The maximum Gasteiger partial charge on any atom is 0.244 e. The molecule has 0 aliphatic carbocycles. The summed E-state index contributed by atoms with van der Waals surface area (Å²) in [6.07, 6.45) is 1.54. The van der Waals surface area contributed by atoms with Gasteiger partial charge in [0.25, 0.3) is 0 Å². The molecular weight excluding hydrogens is 282 g/mol. The van der Waals surface area contributed by atoms with Crippen LogP contribution in [0, 0.1) is 6.92 Å². The van der Waals surface area contributed by atoms with E-state index in [0.29, 0.717) is 23.7 Å². The first-order valence-corrected chi connectivity index (χ1v) is 8.10. The SMILES string of the molecule is CCCc1noc([C@@H](C)S(=O)(=O)Cc2cc(C)on2)n1. The Hall–Kier alpha value is -1.70. The minimum atomic E-state index is -3.47. The molecule has 0 saturated heterocycles. The lowest BCUT2D eigenvalue weighted by molar-refractivity contribution is 0.370. The quantitative estimate of drug-likeness (QED) is 0.804. The van der Waals surface area contributed by atoms with Gasteiger partial charge in [0.1, 0.15) is 11.0 Å². The number of sulfone groups is 1. The van der Waals surface area contributed by atoms with Gasteiger partial charge in [0, 0.05) is 12.5 Å². The summed E-state index contributed by atoms with van der Waals surface area (Å²) in [5.74, 6) is 1.01. The third-order valence-corrected chi connectivity index (χ3v) is 4.85. The molecule has 0 N–H and O–H groups in total. The molecule has 2 aromatic rings. The highest BCUT2D eigenvalue weighted by Gasteiger charge is 2.29.